The standard InChI is InChI=1S/C19H24N4OS/c1-12-17(13-7-9-23(12)10-8-13)22-18(24)16-11-21-19(25-16)14-5-3-4-6-15(14)20-2/h3-6,11-13,17,20H,7-10H2,1-2H3,(H,22,24). The zero-order valence-electron chi connectivity index (χ0n) is 14.7. The highest BCUT2D eigenvalue weighted by atomic mass is 32.1. The smallest absolute Gasteiger partial charge is 0.263 e. The molecule has 5 rings (SSSR count). The van der Waals surface area contributed by atoms with E-state index in [9.17, 15) is 4.79 Å². The summed E-state index contributed by atoms with van der Waals surface area (Å²) in [5.41, 5.74) is 2.06. The zero-order valence-corrected chi connectivity index (χ0v) is 15.5. The van der Waals surface area contributed by atoms with Crippen LogP contribution in [0.1, 0.15) is 29.4 Å². The number of piperidine rings is 3. The number of carbonyl (C=O) groups excluding carboxylic acids is 1. The Morgan fingerprint density at radius 3 is 2.76 bits per heavy atom. The molecule has 132 valence electrons. The van der Waals surface area contributed by atoms with Crippen molar-refractivity contribution in [1.29, 1.82) is 0 Å². The van der Waals surface area contributed by atoms with Crippen LogP contribution in [0.2, 0.25) is 0 Å². The molecule has 2 unspecified atom stereocenters. The molecule has 25 heavy (non-hydrogen) atoms. The van der Waals surface area contributed by atoms with Gasteiger partial charge in [-0.3, -0.25) is 9.69 Å². The molecule has 2 aromatic rings. The Morgan fingerprint density at radius 2 is 2.04 bits per heavy atom. The highest BCUT2D eigenvalue weighted by Crippen LogP contribution is 2.34. The number of carbonyl (C=O) groups is 1. The van der Waals surface area contributed by atoms with Crippen LogP contribution in [0.3, 0.4) is 0 Å². The van der Waals surface area contributed by atoms with Gasteiger partial charge in [-0.15, -0.1) is 11.3 Å². The summed E-state index contributed by atoms with van der Waals surface area (Å²) in [6.45, 7) is 4.57. The van der Waals surface area contributed by atoms with E-state index in [1.54, 1.807) is 6.20 Å². The third kappa shape index (κ3) is 3.04. The molecule has 0 radical (unpaired) electrons. The Balaban J connectivity index is 1.51. The number of hydrogen-bond donors (Lipinski definition) is 2. The van der Waals surface area contributed by atoms with Gasteiger partial charge in [0.2, 0.25) is 0 Å². The van der Waals surface area contributed by atoms with Gasteiger partial charge < -0.3 is 10.6 Å². The van der Waals surface area contributed by atoms with Crippen molar-refractivity contribution in [1.82, 2.24) is 15.2 Å². The van der Waals surface area contributed by atoms with E-state index in [4.69, 9.17) is 0 Å². The molecule has 4 heterocycles. The number of para-hydroxylation sites is 1. The number of anilines is 1. The molecule has 3 aliphatic heterocycles. The van der Waals surface area contributed by atoms with Crippen molar-refractivity contribution in [2.75, 3.05) is 25.5 Å². The van der Waals surface area contributed by atoms with Crippen molar-refractivity contribution >= 4 is 22.9 Å². The van der Waals surface area contributed by atoms with Gasteiger partial charge in [0.05, 0.1) is 6.20 Å². The second-order valence-electron chi connectivity index (χ2n) is 6.94. The first-order valence-electron chi connectivity index (χ1n) is 8.95. The van der Waals surface area contributed by atoms with E-state index in [0.717, 1.165) is 16.3 Å². The van der Waals surface area contributed by atoms with E-state index in [1.807, 2.05) is 31.3 Å². The van der Waals surface area contributed by atoms with Crippen LogP contribution in [0, 0.1) is 5.92 Å². The van der Waals surface area contributed by atoms with Crippen LogP contribution < -0.4 is 10.6 Å². The van der Waals surface area contributed by atoms with E-state index >= 15 is 0 Å². The first-order chi connectivity index (χ1) is 12.2. The van der Waals surface area contributed by atoms with Crippen LogP contribution >= 0.6 is 11.3 Å². The minimum atomic E-state index is 0.0105. The second-order valence-corrected chi connectivity index (χ2v) is 7.97. The molecule has 2 bridgehead atoms. The fourth-order valence-electron chi connectivity index (χ4n) is 4.16. The maximum Gasteiger partial charge on any atom is 0.263 e. The molecule has 1 aromatic carbocycles. The molecular formula is C19H24N4OS. The number of thiazole rings is 1. The average Bonchev–Trinajstić information content (AvgIpc) is 3.15. The quantitative estimate of drug-likeness (QED) is 0.884. The van der Waals surface area contributed by atoms with Gasteiger partial charge in [0.1, 0.15) is 9.88 Å². The summed E-state index contributed by atoms with van der Waals surface area (Å²) in [7, 11) is 1.90. The summed E-state index contributed by atoms with van der Waals surface area (Å²) >= 11 is 1.46. The number of hydrogen-bond acceptors (Lipinski definition) is 5. The normalized spacial score (nSPS) is 27.9. The summed E-state index contributed by atoms with van der Waals surface area (Å²) in [6.07, 6.45) is 4.09. The van der Waals surface area contributed by atoms with E-state index in [0.29, 0.717) is 16.8 Å². The highest BCUT2D eigenvalue weighted by Gasteiger charge is 2.40. The van der Waals surface area contributed by atoms with E-state index in [1.165, 1.54) is 37.3 Å². The molecule has 1 aromatic heterocycles. The Labute approximate surface area is 152 Å². The predicted octanol–water partition coefficient (Wildman–Crippen LogP) is 3.06. The van der Waals surface area contributed by atoms with Crippen molar-refractivity contribution in [3.8, 4) is 10.6 Å². The SMILES string of the molecule is CNc1ccccc1-c1ncc(C(=O)NC2C3CCN(CC3)C2C)s1. The number of benzene rings is 1. The fourth-order valence-corrected chi connectivity index (χ4v) is 5.02. The van der Waals surface area contributed by atoms with Crippen molar-refractivity contribution in [3.63, 3.8) is 0 Å². The number of nitrogens with zero attached hydrogens (tertiary/aromatic N) is 2. The van der Waals surface area contributed by atoms with Crippen molar-refractivity contribution < 1.29 is 4.79 Å². The summed E-state index contributed by atoms with van der Waals surface area (Å²) in [4.78, 5) is 20.4. The second kappa shape index (κ2) is 6.77. The lowest BCUT2D eigenvalue weighted by Gasteiger charge is -2.49. The van der Waals surface area contributed by atoms with Crippen LogP contribution in [0.15, 0.2) is 30.5 Å². The Hall–Kier alpha value is -1.92. The largest absolute Gasteiger partial charge is 0.388 e. The van der Waals surface area contributed by atoms with Gasteiger partial charge in [0.15, 0.2) is 0 Å². The topological polar surface area (TPSA) is 57.3 Å². The molecule has 3 saturated heterocycles. The van der Waals surface area contributed by atoms with Gasteiger partial charge in [0.25, 0.3) is 5.91 Å². The Kier molecular flexibility index (Phi) is 4.48. The molecule has 1 amide bonds. The van der Waals surface area contributed by atoms with Crippen LogP contribution in [0.5, 0.6) is 0 Å². The number of nitrogens with one attached hydrogen (secondary N) is 2. The number of aromatic nitrogens is 1. The van der Waals surface area contributed by atoms with Crippen LogP contribution in [0.25, 0.3) is 10.6 Å². The number of rotatable bonds is 4. The van der Waals surface area contributed by atoms with Gasteiger partial charge in [-0.1, -0.05) is 12.1 Å². The lowest BCUT2D eigenvalue weighted by Crippen LogP contribution is -2.62. The molecule has 6 heteroatoms. The fraction of sp³-hybridized carbons (Fsp3) is 0.474. The van der Waals surface area contributed by atoms with E-state index in [-0.39, 0.29) is 11.9 Å². The average molecular weight is 356 g/mol. The Morgan fingerprint density at radius 1 is 1.28 bits per heavy atom. The molecule has 0 aliphatic carbocycles. The maximum atomic E-state index is 12.8. The molecule has 0 saturated carbocycles. The van der Waals surface area contributed by atoms with Gasteiger partial charge in [-0.2, -0.15) is 0 Å². The Bertz CT molecular complexity index is 764. The third-order valence-corrected chi connectivity index (χ3v) is 6.66. The number of amides is 1. The van der Waals surface area contributed by atoms with Crippen LogP contribution in [-0.4, -0.2) is 48.0 Å². The van der Waals surface area contributed by atoms with Crippen LogP contribution in [0.4, 0.5) is 5.69 Å². The summed E-state index contributed by atoms with van der Waals surface area (Å²) in [6, 6.07) is 8.71. The lowest BCUT2D eigenvalue weighted by molar-refractivity contribution is 0.0218. The monoisotopic (exact) mass is 356 g/mol. The van der Waals surface area contributed by atoms with Gasteiger partial charge in [-0.25, -0.2) is 4.98 Å². The minimum Gasteiger partial charge on any atom is -0.388 e. The van der Waals surface area contributed by atoms with Crippen molar-refractivity contribution in [2.24, 2.45) is 5.92 Å². The predicted molar refractivity (Wildman–Crippen MR) is 102 cm³/mol. The first-order valence-corrected chi connectivity index (χ1v) is 9.77. The van der Waals surface area contributed by atoms with Crippen molar-refractivity contribution in [2.45, 2.75) is 31.8 Å². The molecule has 2 N–H and O–H groups in total. The summed E-state index contributed by atoms with van der Waals surface area (Å²) in [5, 5.41) is 7.34. The molecule has 2 atom stereocenters. The molecule has 0 spiro atoms. The molecule has 5 nitrogen and oxygen atoms in total. The molecule has 3 aliphatic rings. The van der Waals surface area contributed by atoms with Crippen molar-refractivity contribution in [3.05, 3.63) is 35.3 Å². The maximum absolute atomic E-state index is 12.8. The summed E-state index contributed by atoms with van der Waals surface area (Å²) in [5.74, 6) is 0.623. The minimum absolute atomic E-state index is 0.0105. The van der Waals surface area contributed by atoms with Gasteiger partial charge >= 0.3 is 0 Å². The molecular weight excluding hydrogens is 332 g/mol. The lowest BCUT2D eigenvalue weighted by atomic mass is 9.79. The molecule has 3 fully saturated rings. The first kappa shape index (κ1) is 16.5. The summed E-state index contributed by atoms with van der Waals surface area (Å²) < 4.78 is 0. The van der Waals surface area contributed by atoms with E-state index < -0.39 is 0 Å². The number of fused-ring (bicyclic) bond motifs is 3. The van der Waals surface area contributed by atoms with Gasteiger partial charge in [0, 0.05) is 30.4 Å². The highest BCUT2D eigenvalue weighted by molar-refractivity contribution is 7.17. The van der Waals surface area contributed by atoms with Crippen LogP contribution in [-0.2, 0) is 0 Å². The van der Waals surface area contributed by atoms with E-state index in [2.05, 4.69) is 27.4 Å². The van der Waals surface area contributed by atoms with Gasteiger partial charge in [-0.05, 0) is 50.9 Å². The third-order valence-electron chi connectivity index (χ3n) is 5.63. The zero-order chi connectivity index (χ0) is 17.4.